The minimum atomic E-state index is -3.34. The van der Waals surface area contributed by atoms with Crippen molar-refractivity contribution in [1.29, 1.82) is 0 Å². The van der Waals surface area contributed by atoms with E-state index >= 15 is 0 Å². The minimum absolute atomic E-state index is 0.0284. The van der Waals surface area contributed by atoms with E-state index in [0.717, 1.165) is 34.2 Å². The second-order valence-corrected chi connectivity index (χ2v) is 9.99. The quantitative estimate of drug-likeness (QED) is 0.592. The number of hydrogen-bond donors (Lipinski definition) is 1. The third-order valence-corrected chi connectivity index (χ3v) is 5.23. The van der Waals surface area contributed by atoms with E-state index in [1.807, 2.05) is 30.5 Å². The minimum Gasteiger partial charge on any atom is -0.284 e. The first-order valence-electron chi connectivity index (χ1n) is 8.88. The van der Waals surface area contributed by atoms with Crippen LogP contribution in [0.25, 0.3) is 22.3 Å². The summed E-state index contributed by atoms with van der Waals surface area (Å²) in [6.07, 6.45) is 2.94. The Morgan fingerprint density at radius 2 is 1.61 bits per heavy atom. The van der Waals surface area contributed by atoms with E-state index in [-0.39, 0.29) is 5.41 Å². The van der Waals surface area contributed by atoms with Gasteiger partial charge in [0.2, 0.25) is 10.0 Å². The van der Waals surface area contributed by atoms with E-state index in [1.165, 1.54) is 0 Å². The van der Waals surface area contributed by atoms with Gasteiger partial charge in [-0.25, -0.2) is 8.42 Å². The molecule has 0 saturated heterocycles. The maximum absolute atomic E-state index is 11.4. The summed E-state index contributed by atoms with van der Waals surface area (Å²) in [5, 5.41) is 0.482. The summed E-state index contributed by atoms with van der Waals surface area (Å²) in [6.45, 7) is 6.42. The van der Waals surface area contributed by atoms with Crippen molar-refractivity contribution in [1.82, 2.24) is 4.98 Å². The van der Waals surface area contributed by atoms with Gasteiger partial charge in [0.05, 0.1) is 11.3 Å². The predicted octanol–water partition coefficient (Wildman–Crippen LogP) is 5.74. The van der Waals surface area contributed by atoms with Gasteiger partial charge < -0.3 is 0 Å². The summed E-state index contributed by atoms with van der Waals surface area (Å²) in [5.74, 6) is 0. The van der Waals surface area contributed by atoms with Crippen LogP contribution in [-0.2, 0) is 15.4 Å². The molecule has 3 rings (SSSR count). The highest BCUT2D eigenvalue weighted by Crippen LogP contribution is 2.33. The Bertz CT molecular complexity index is 1120. The van der Waals surface area contributed by atoms with E-state index < -0.39 is 10.0 Å². The number of benzene rings is 2. The summed E-state index contributed by atoms with van der Waals surface area (Å²) in [5.41, 5.74) is 5.41. The van der Waals surface area contributed by atoms with Crippen LogP contribution in [0.15, 0.2) is 60.8 Å². The Morgan fingerprint density at radius 1 is 0.929 bits per heavy atom. The van der Waals surface area contributed by atoms with Crippen LogP contribution >= 0.6 is 11.6 Å². The Kier molecular flexibility index (Phi) is 5.50. The largest absolute Gasteiger partial charge is 0.284 e. The lowest BCUT2D eigenvalue weighted by Gasteiger charge is -2.18. The lowest BCUT2D eigenvalue weighted by molar-refractivity contribution is 0.569. The van der Waals surface area contributed by atoms with Crippen LogP contribution in [0.4, 0.5) is 5.69 Å². The van der Waals surface area contributed by atoms with Gasteiger partial charge in [0.25, 0.3) is 0 Å². The highest BCUT2D eigenvalue weighted by atomic mass is 35.5. The van der Waals surface area contributed by atoms with Gasteiger partial charge in [0.15, 0.2) is 0 Å². The fourth-order valence-corrected chi connectivity index (χ4v) is 3.76. The van der Waals surface area contributed by atoms with Gasteiger partial charge >= 0.3 is 0 Å². The molecule has 0 bridgehead atoms. The molecule has 146 valence electrons. The Hall–Kier alpha value is -2.37. The van der Waals surface area contributed by atoms with Crippen LogP contribution in [0.1, 0.15) is 26.5 Å². The summed E-state index contributed by atoms with van der Waals surface area (Å²) in [7, 11) is -3.34. The van der Waals surface area contributed by atoms with Gasteiger partial charge in [-0.3, -0.25) is 9.71 Å². The molecule has 0 atom stereocenters. The van der Waals surface area contributed by atoms with Crippen molar-refractivity contribution < 1.29 is 8.42 Å². The van der Waals surface area contributed by atoms with Crippen molar-refractivity contribution in [2.75, 3.05) is 11.0 Å². The highest BCUT2D eigenvalue weighted by Gasteiger charge is 2.16. The highest BCUT2D eigenvalue weighted by molar-refractivity contribution is 7.92. The van der Waals surface area contributed by atoms with E-state index in [0.29, 0.717) is 10.7 Å². The van der Waals surface area contributed by atoms with Crippen LogP contribution in [0.5, 0.6) is 0 Å². The molecule has 0 aliphatic rings. The molecule has 0 amide bonds. The smallest absolute Gasteiger partial charge is 0.229 e. The number of rotatable bonds is 4. The SMILES string of the molecule is CC(C)(C)c1cc(-c2cccc(-c3ccc(NS(C)(=O)=O)cc3Cl)c2)ccn1. The van der Waals surface area contributed by atoms with Crippen molar-refractivity contribution in [3.8, 4) is 22.3 Å². The third kappa shape index (κ3) is 4.91. The molecule has 1 aromatic heterocycles. The number of pyridine rings is 1. The van der Waals surface area contributed by atoms with Gasteiger partial charge in [-0.2, -0.15) is 0 Å². The molecule has 0 aliphatic heterocycles. The Labute approximate surface area is 171 Å². The van der Waals surface area contributed by atoms with Crippen LogP contribution in [0, 0.1) is 0 Å². The first-order chi connectivity index (χ1) is 13.0. The monoisotopic (exact) mass is 414 g/mol. The third-order valence-electron chi connectivity index (χ3n) is 4.31. The van der Waals surface area contributed by atoms with Crippen LogP contribution in [0.3, 0.4) is 0 Å². The maximum Gasteiger partial charge on any atom is 0.229 e. The number of hydrogen-bond acceptors (Lipinski definition) is 3. The molecule has 1 N–H and O–H groups in total. The van der Waals surface area contributed by atoms with Crippen molar-refractivity contribution >= 4 is 27.3 Å². The summed E-state index contributed by atoms with van der Waals surface area (Å²) >= 11 is 6.43. The number of nitrogens with one attached hydrogen (secondary N) is 1. The van der Waals surface area contributed by atoms with E-state index in [4.69, 9.17) is 11.6 Å². The number of sulfonamides is 1. The lowest BCUT2D eigenvalue weighted by atomic mass is 9.89. The van der Waals surface area contributed by atoms with Crippen molar-refractivity contribution in [3.63, 3.8) is 0 Å². The number of nitrogens with zero attached hydrogens (tertiary/aromatic N) is 1. The van der Waals surface area contributed by atoms with Crippen molar-refractivity contribution in [3.05, 3.63) is 71.5 Å². The first-order valence-corrected chi connectivity index (χ1v) is 11.1. The molecule has 0 aliphatic carbocycles. The summed E-state index contributed by atoms with van der Waals surface area (Å²) < 4.78 is 25.3. The zero-order chi connectivity index (χ0) is 20.5. The molecule has 2 aromatic carbocycles. The van der Waals surface area contributed by atoms with Gasteiger partial charge in [0, 0.05) is 28.6 Å². The molecule has 0 unspecified atom stereocenters. The fourth-order valence-electron chi connectivity index (χ4n) is 2.91. The molecule has 0 radical (unpaired) electrons. The maximum atomic E-state index is 11.4. The molecule has 0 fully saturated rings. The second-order valence-electron chi connectivity index (χ2n) is 7.83. The zero-order valence-electron chi connectivity index (χ0n) is 16.3. The molecule has 0 spiro atoms. The second kappa shape index (κ2) is 7.57. The van der Waals surface area contributed by atoms with Gasteiger partial charge in [0.1, 0.15) is 0 Å². The lowest BCUT2D eigenvalue weighted by Crippen LogP contribution is -2.13. The number of halogens is 1. The molecule has 4 nitrogen and oxygen atoms in total. The molecule has 6 heteroatoms. The van der Waals surface area contributed by atoms with E-state index in [1.54, 1.807) is 12.1 Å². The van der Waals surface area contributed by atoms with Gasteiger partial charge in [-0.15, -0.1) is 0 Å². The topological polar surface area (TPSA) is 59.1 Å². The predicted molar refractivity (Wildman–Crippen MR) is 117 cm³/mol. The Balaban J connectivity index is 1.99. The average molecular weight is 415 g/mol. The van der Waals surface area contributed by atoms with Crippen LogP contribution in [-0.4, -0.2) is 19.7 Å². The molecule has 28 heavy (non-hydrogen) atoms. The average Bonchev–Trinajstić information content (AvgIpc) is 2.60. The first kappa shape index (κ1) is 20.4. The van der Waals surface area contributed by atoms with Gasteiger partial charge in [-0.1, -0.05) is 56.6 Å². The zero-order valence-corrected chi connectivity index (χ0v) is 17.9. The normalized spacial score (nSPS) is 12.0. The van der Waals surface area contributed by atoms with Gasteiger partial charge in [-0.05, 0) is 47.0 Å². The molecular formula is C22H23ClN2O2S. The molecule has 1 heterocycles. The van der Waals surface area contributed by atoms with Crippen molar-refractivity contribution in [2.45, 2.75) is 26.2 Å². The standard InChI is InChI=1S/C22H23ClN2O2S/c1-22(2,3)21-13-16(10-11-24-21)15-6-5-7-17(12-15)19-9-8-18(14-20(19)23)25-28(4,26)27/h5-14,25H,1-4H3. The molecule has 3 aromatic rings. The Morgan fingerprint density at radius 3 is 2.25 bits per heavy atom. The summed E-state index contributed by atoms with van der Waals surface area (Å²) in [4.78, 5) is 4.49. The fraction of sp³-hybridized carbons (Fsp3) is 0.227. The van der Waals surface area contributed by atoms with Crippen LogP contribution < -0.4 is 4.72 Å². The number of anilines is 1. The van der Waals surface area contributed by atoms with E-state index in [9.17, 15) is 8.42 Å². The van der Waals surface area contributed by atoms with Crippen molar-refractivity contribution in [2.24, 2.45) is 0 Å². The summed E-state index contributed by atoms with van der Waals surface area (Å²) in [6, 6.07) is 17.4. The number of aromatic nitrogens is 1. The molecular weight excluding hydrogens is 392 g/mol. The van der Waals surface area contributed by atoms with E-state index in [2.05, 4.69) is 48.7 Å². The van der Waals surface area contributed by atoms with Crippen LogP contribution in [0.2, 0.25) is 5.02 Å². The molecule has 0 saturated carbocycles.